The molecule has 0 amide bonds. The molecular formula is C56H34N6S. The van der Waals surface area contributed by atoms with Crippen LogP contribution >= 0.6 is 12.8 Å². The van der Waals surface area contributed by atoms with Crippen LogP contribution < -0.4 is 0 Å². The first-order chi connectivity index (χ1) is 31.1. The molecule has 2 heterocycles. The highest BCUT2D eigenvalue weighted by atomic mass is 32.1. The van der Waals surface area contributed by atoms with Crippen molar-refractivity contribution in [3.8, 4) is 45.4 Å². The fourth-order valence-electron chi connectivity index (χ4n) is 9.27. The molecule has 294 valence electrons. The van der Waals surface area contributed by atoms with E-state index in [0.29, 0.717) is 28.9 Å². The van der Waals surface area contributed by atoms with Gasteiger partial charge in [0, 0.05) is 44.3 Å². The molecule has 63 heavy (non-hydrogen) atoms. The van der Waals surface area contributed by atoms with Gasteiger partial charge in [-0.05, 0) is 85.7 Å². The van der Waals surface area contributed by atoms with E-state index in [1.807, 2.05) is 54.6 Å². The Hall–Kier alpha value is -8.13. The number of aromatic nitrogens is 4. The molecule has 1 aliphatic rings. The van der Waals surface area contributed by atoms with Crippen molar-refractivity contribution in [3.05, 3.63) is 205 Å². The number of rotatable bonds is 5. The third-order valence-corrected chi connectivity index (χ3v) is 12.4. The van der Waals surface area contributed by atoms with Crippen LogP contribution in [0, 0.1) is 5.41 Å². The summed E-state index contributed by atoms with van der Waals surface area (Å²) in [6.07, 6.45) is 2.11. The summed E-state index contributed by atoms with van der Waals surface area (Å²) in [6.45, 7) is 0. The Bertz CT molecular complexity index is 3630. The van der Waals surface area contributed by atoms with Crippen molar-refractivity contribution in [2.75, 3.05) is 0 Å². The van der Waals surface area contributed by atoms with Gasteiger partial charge in [0.05, 0.1) is 16.9 Å². The van der Waals surface area contributed by atoms with Crippen molar-refractivity contribution in [3.63, 3.8) is 0 Å². The maximum Gasteiger partial charge on any atom is 0.164 e. The van der Waals surface area contributed by atoms with Crippen molar-refractivity contribution in [2.24, 2.45) is 4.40 Å². The van der Waals surface area contributed by atoms with Gasteiger partial charge in [-0.15, -0.1) is 0 Å². The minimum absolute atomic E-state index is 0.300. The quantitative estimate of drug-likeness (QED) is 0.134. The molecule has 12 rings (SSSR count). The van der Waals surface area contributed by atoms with Gasteiger partial charge in [-0.2, -0.15) is 0 Å². The van der Waals surface area contributed by atoms with E-state index in [1.165, 1.54) is 10.8 Å². The number of benzene rings is 9. The standard InChI is InChI=1S/C56H34N6S/c57-51-50-44-24-12-13-25-49(44)58-52(34-14-2-1-3-15-34)48(50)32-45(53(51)62-63)33-26-28-35(29-27-33)54-59-55(46-30-36-16-4-6-18-38(36)40-20-8-10-22-42(40)46)61-56(60-54)47-31-37-17-5-7-19-39(37)41-21-9-11-23-43(41)47/h1-32,57,63H/b57-51?,62-53-. The SMILES string of the molecule is N=C1/C(=N\S)C(c2ccc(-c3nc(-c4cc5ccccc5c5ccccc45)nc(-c4cc5ccccc5c5ccccc45)n3)cc2)=Cc2c(-c3ccccc3)nc3ccccc3c21. The van der Waals surface area contributed by atoms with Gasteiger partial charge >= 0.3 is 0 Å². The van der Waals surface area contributed by atoms with E-state index in [0.717, 1.165) is 93.4 Å². The molecular weight excluding hydrogens is 789 g/mol. The number of fused-ring (bicyclic) bond motifs is 9. The van der Waals surface area contributed by atoms with Gasteiger partial charge in [-0.3, -0.25) is 5.41 Å². The van der Waals surface area contributed by atoms with Crippen LogP contribution in [0.15, 0.2) is 192 Å². The Kier molecular flexibility index (Phi) is 8.62. The number of nitrogens with one attached hydrogen (secondary N) is 1. The predicted molar refractivity (Wildman–Crippen MR) is 264 cm³/mol. The summed E-state index contributed by atoms with van der Waals surface area (Å²) in [7, 11) is 0. The largest absolute Gasteiger partial charge is 0.298 e. The molecule has 9 aromatic carbocycles. The van der Waals surface area contributed by atoms with E-state index in [2.05, 4.69) is 157 Å². The van der Waals surface area contributed by atoms with Crippen molar-refractivity contribution in [1.82, 2.24) is 19.9 Å². The zero-order valence-electron chi connectivity index (χ0n) is 33.7. The Balaban J connectivity index is 1.06. The van der Waals surface area contributed by atoms with Crippen LogP contribution in [0.5, 0.6) is 0 Å². The molecule has 2 aromatic heterocycles. The molecule has 1 N–H and O–H groups in total. The monoisotopic (exact) mass is 822 g/mol. The lowest BCUT2D eigenvalue weighted by atomic mass is 9.82. The summed E-state index contributed by atoms with van der Waals surface area (Å²) in [4.78, 5) is 21.0. The fourth-order valence-corrected chi connectivity index (χ4v) is 9.47. The normalized spacial score (nSPS) is 13.3. The second-order valence-electron chi connectivity index (χ2n) is 15.8. The van der Waals surface area contributed by atoms with Crippen LogP contribution in [0.1, 0.15) is 16.7 Å². The summed E-state index contributed by atoms with van der Waals surface area (Å²) in [6, 6.07) is 64.6. The Labute approximate surface area is 368 Å². The molecule has 0 fully saturated rings. The summed E-state index contributed by atoms with van der Waals surface area (Å²) >= 11 is 4.44. The number of pyridine rings is 1. The van der Waals surface area contributed by atoms with Crippen molar-refractivity contribution in [1.29, 1.82) is 5.41 Å². The summed E-state index contributed by atoms with van der Waals surface area (Å²) in [5.74, 6) is 1.74. The average molecular weight is 823 g/mol. The molecule has 0 saturated carbocycles. The minimum atomic E-state index is 0.300. The molecule has 0 unspecified atom stereocenters. The topological polar surface area (TPSA) is 87.8 Å². The smallest absolute Gasteiger partial charge is 0.164 e. The van der Waals surface area contributed by atoms with E-state index in [9.17, 15) is 5.41 Å². The number of allylic oxidation sites excluding steroid dienone is 1. The van der Waals surface area contributed by atoms with Gasteiger partial charge in [0.15, 0.2) is 17.5 Å². The molecule has 0 radical (unpaired) electrons. The van der Waals surface area contributed by atoms with E-state index in [-0.39, 0.29) is 0 Å². The van der Waals surface area contributed by atoms with Crippen LogP contribution in [0.2, 0.25) is 0 Å². The molecule has 1 aliphatic carbocycles. The Morgan fingerprint density at radius 1 is 0.413 bits per heavy atom. The second-order valence-corrected chi connectivity index (χ2v) is 16.0. The Morgan fingerprint density at radius 3 is 1.48 bits per heavy atom. The summed E-state index contributed by atoms with van der Waals surface area (Å²) in [5.41, 5.74) is 9.43. The molecule has 0 bridgehead atoms. The zero-order valence-corrected chi connectivity index (χ0v) is 34.6. The van der Waals surface area contributed by atoms with Crippen LogP contribution in [0.25, 0.3) is 111 Å². The average Bonchev–Trinajstić information content (AvgIpc) is 3.35. The number of hydrogen-bond donors (Lipinski definition) is 2. The molecule has 0 aliphatic heterocycles. The van der Waals surface area contributed by atoms with E-state index in [4.69, 9.17) is 19.9 Å². The van der Waals surface area contributed by atoms with E-state index in [1.54, 1.807) is 0 Å². The van der Waals surface area contributed by atoms with Gasteiger partial charge in [0.1, 0.15) is 5.71 Å². The summed E-state index contributed by atoms with van der Waals surface area (Å²) < 4.78 is 4.42. The van der Waals surface area contributed by atoms with Crippen LogP contribution in [-0.2, 0) is 0 Å². The van der Waals surface area contributed by atoms with E-state index >= 15 is 0 Å². The lowest BCUT2D eigenvalue weighted by Gasteiger charge is -2.23. The number of thiol groups is 1. The van der Waals surface area contributed by atoms with Gasteiger partial charge in [-0.25, -0.2) is 24.3 Å². The zero-order chi connectivity index (χ0) is 42.0. The van der Waals surface area contributed by atoms with Gasteiger partial charge in [0.25, 0.3) is 0 Å². The van der Waals surface area contributed by atoms with Crippen LogP contribution in [-0.4, -0.2) is 31.4 Å². The van der Waals surface area contributed by atoms with Crippen molar-refractivity contribution >= 4 is 89.9 Å². The number of hydrogen-bond acceptors (Lipinski definition) is 7. The van der Waals surface area contributed by atoms with Crippen molar-refractivity contribution < 1.29 is 0 Å². The first-order valence-electron chi connectivity index (χ1n) is 20.8. The fraction of sp³-hybridized carbons (Fsp3) is 0. The summed E-state index contributed by atoms with van der Waals surface area (Å²) in [5, 5.41) is 19.5. The highest BCUT2D eigenvalue weighted by Gasteiger charge is 2.29. The lowest BCUT2D eigenvalue weighted by Crippen LogP contribution is -2.22. The molecule has 0 spiro atoms. The maximum absolute atomic E-state index is 9.58. The van der Waals surface area contributed by atoms with Crippen molar-refractivity contribution in [2.45, 2.75) is 0 Å². The van der Waals surface area contributed by atoms with Crippen LogP contribution in [0.4, 0.5) is 0 Å². The third kappa shape index (κ3) is 6.04. The maximum atomic E-state index is 9.58. The number of nitrogens with zero attached hydrogens (tertiary/aromatic N) is 5. The lowest BCUT2D eigenvalue weighted by molar-refractivity contribution is 1.08. The molecule has 0 atom stereocenters. The second kappa shape index (κ2) is 14.8. The van der Waals surface area contributed by atoms with E-state index < -0.39 is 0 Å². The molecule has 11 aromatic rings. The van der Waals surface area contributed by atoms with Crippen LogP contribution in [0.3, 0.4) is 0 Å². The molecule has 7 heteroatoms. The highest BCUT2D eigenvalue weighted by molar-refractivity contribution is 7.79. The predicted octanol–water partition coefficient (Wildman–Crippen LogP) is 13.9. The van der Waals surface area contributed by atoms with Gasteiger partial charge in [-0.1, -0.05) is 170 Å². The van der Waals surface area contributed by atoms with Gasteiger partial charge < -0.3 is 0 Å². The first-order valence-corrected chi connectivity index (χ1v) is 21.2. The molecule has 0 saturated heterocycles. The molecule has 6 nitrogen and oxygen atoms in total. The number of para-hydroxylation sites is 1. The van der Waals surface area contributed by atoms with Gasteiger partial charge in [0.2, 0.25) is 0 Å². The third-order valence-electron chi connectivity index (χ3n) is 12.2. The first kappa shape index (κ1) is 36.7. The highest BCUT2D eigenvalue weighted by Crippen LogP contribution is 2.41. The Morgan fingerprint density at radius 2 is 0.889 bits per heavy atom. The minimum Gasteiger partial charge on any atom is -0.298 e.